The number of nitrogens with one attached hydrogen (secondary N) is 1. The lowest BCUT2D eigenvalue weighted by Crippen LogP contribution is -2.39. The molecule has 8 heteroatoms. The predicted molar refractivity (Wildman–Crippen MR) is 91.8 cm³/mol. The Morgan fingerprint density at radius 1 is 1.43 bits per heavy atom. The first-order valence-electron chi connectivity index (χ1n) is 7.65. The second kappa shape index (κ2) is 8.05. The van der Waals surface area contributed by atoms with Crippen LogP contribution in [0.2, 0.25) is 0 Å². The normalized spacial score (nSPS) is 12.0. The molecule has 1 N–H and O–H groups in total. The molecule has 0 saturated carbocycles. The molecular weight excluding hydrogens is 312 g/mol. The van der Waals surface area contributed by atoms with Crippen molar-refractivity contribution < 1.29 is 4.52 Å². The van der Waals surface area contributed by atoms with Crippen LogP contribution in [-0.4, -0.2) is 46.6 Å². The van der Waals surface area contributed by atoms with Crippen molar-refractivity contribution in [3.63, 3.8) is 0 Å². The highest BCUT2D eigenvalue weighted by molar-refractivity contribution is 7.09. The Bertz CT molecular complexity index is 648. The van der Waals surface area contributed by atoms with Crippen molar-refractivity contribution in [2.75, 3.05) is 20.6 Å². The molecule has 23 heavy (non-hydrogen) atoms. The average molecular weight is 336 g/mol. The molecule has 0 spiro atoms. The van der Waals surface area contributed by atoms with Crippen molar-refractivity contribution in [2.45, 2.75) is 39.7 Å². The van der Waals surface area contributed by atoms with Crippen molar-refractivity contribution in [3.05, 3.63) is 27.8 Å². The number of hydrogen-bond acceptors (Lipinski definition) is 6. The lowest BCUT2D eigenvalue weighted by atomic mass is 10.2. The van der Waals surface area contributed by atoms with Gasteiger partial charge in [0.25, 0.3) is 0 Å². The third-order valence-electron chi connectivity index (χ3n) is 3.26. The van der Waals surface area contributed by atoms with Crippen LogP contribution in [0.5, 0.6) is 0 Å². The van der Waals surface area contributed by atoms with Crippen LogP contribution < -0.4 is 5.32 Å². The zero-order chi connectivity index (χ0) is 16.8. The molecule has 0 unspecified atom stereocenters. The van der Waals surface area contributed by atoms with Crippen molar-refractivity contribution in [2.24, 2.45) is 4.99 Å². The average Bonchev–Trinajstić information content (AvgIpc) is 3.13. The van der Waals surface area contributed by atoms with Crippen molar-refractivity contribution >= 4 is 17.3 Å². The van der Waals surface area contributed by atoms with Gasteiger partial charge in [-0.15, -0.1) is 11.3 Å². The fraction of sp³-hybridized carbons (Fsp3) is 0.600. The lowest BCUT2D eigenvalue weighted by Gasteiger charge is -2.20. The number of aromatic nitrogens is 3. The Hall–Kier alpha value is -1.96. The van der Waals surface area contributed by atoms with Crippen LogP contribution in [0.15, 0.2) is 14.9 Å². The summed E-state index contributed by atoms with van der Waals surface area (Å²) in [6.45, 7) is 7.51. The maximum Gasteiger partial charge on any atom is 0.228 e. The van der Waals surface area contributed by atoms with Crippen molar-refractivity contribution in [1.29, 1.82) is 0 Å². The van der Waals surface area contributed by atoms with Gasteiger partial charge in [0.05, 0.1) is 17.2 Å². The van der Waals surface area contributed by atoms with Crippen molar-refractivity contribution in [3.8, 4) is 0 Å². The van der Waals surface area contributed by atoms with Gasteiger partial charge in [-0.1, -0.05) is 19.0 Å². The summed E-state index contributed by atoms with van der Waals surface area (Å²) in [5.41, 5.74) is 1.05. The summed E-state index contributed by atoms with van der Waals surface area (Å²) in [5.74, 6) is 2.50. The van der Waals surface area contributed by atoms with Crippen LogP contribution in [0.3, 0.4) is 0 Å². The van der Waals surface area contributed by atoms with Crippen molar-refractivity contribution in [1.82, 2.24) is 25.3 Å². The van der Waals surface area contributed by atoms with E-state index in [1.165, 1.54) is 0 Å². The molecular formula is C15H24N6OS. The van der Waals surface area contributed by atoms with Gasteiger partial charge >= 0.3 is 0 Å². The molecule has 126 valence electrons. The lowest BCUT2D eigenvalue weighted by molar-refractivity contribution is 0.370. The molecule has 2 aromatic rings. The Morgan fingerprint density at radius 2 is 2.22 bits per heavy atom. The summed E-state index contributed by atoms with van der Waals surface area (Å²) in [7, 11) is 3.77. The van der Waals surface area contributed by atoms with E-state index in [1.807, 2.05) is 32.7 Å². The smallest absolute Gasteiger partial charge is 0.228 e. The van der Waals surface area contributed by atoms with E-state index in [1.54, 1.807) is 18.4 Å². The minimum Gasteiger partial charge on any atom is -0.356 e. The van der Waals surface area contributed by atoms with E-state index in [-0.39, 0.29) is 5.92 Å². The molecule has 0 aromatic carbocycles. The zero-order valence-corrected chi connectivity index (χ0v) is 15.1. The van der Waals surface area contributed by atoms with Crippen LogP contribution in [0.4, 0.5) is 0 Å². The maximum absolute atomic E-state index is 5.24. The first-order valence-corrected chi connectivity index (χ1v) is 8.52. The number of thiazole rings is 1. The third kappa shape index (κ3) is 5.02. The van der Waals surface area contributed by atoms with Gasteiger partial charge in [-0.25, -0.2) is 4.98 Å². The van der Waals surface area contributed by atoms with Gasteiger partial charge in [-0.2, -0.15) is 4.98 Å². The predicted octanol–water partition coefficient (Wildman–Crippen LogP) is 2.21. The molecule has 0 radical (unpaired) electrons. The fourth-order valence-electron chi connectivity index (χ4n) is 2.07. The first-order chi connectivity index (χ1) is 11.0. The minimum absolute atomic E-state index is 0.279. The Balaban J connectivity index is 1.82. The summed E-state index contributed by atoms with van der Waals surface area (Å²) in [6, 6.07) is 0. The number of nitrogens with zero attached hydrogens (tertiary/aromatic N) is 5. The summed E-state index contributed by atoms with van der Waals surface area (Å²) >= 11 is 1.66. The van der Waals surface area contributed by atoms with Gasteiger partial charge in [0.15, 0.2) is 11.8 Å². The number of guanidine groups is 1. The van der Waals surface area contributed by atoms with Gasteiger partial charge in [0, 0.05) is 38.4 Å². The van der Waals surface area contributed by atoms with Crippen LogP contribution in [0.25, 0.3) is 0 Å². The van der Waals surface area contributed by atoms with Gasteiger partial charge in [0.1, 0.15) is 0 Å². The standard InChI is InChI=1S/C15H24N6OS/c1-10(2)14-19-13(22-20-14)6-7-17-15(16-4)21(5)8-12-9-23-11(3)18-12/h9-10H,6-8H2,1-5H3,(H,16,17). The summed E-state index contributed by atoms with van der Waals surface area (Å²) < 4.78 is 5.24. The Morgan fingerprint density at radius 3 is 2.78 bits per heavy atom. The van der Waals surface area contributed by atoms with Crippen LogP contribution in [0, 0.1) is 6.92 Å². The molecule has 7 nitrogen and oxygen atoms in total. The van der Waals surface area contributed by atoms with Crippen LogP contribution >= 0.6 is 11.3 Å². The van der Waals surface area contributed by atoms with Gasteiger partial charge in [-0.3, -0.25) is 4.99 Å². The molecule has 2 rings (SSSR count). The van der Waals surface area contributed by atoms with E-state index in [0.29, 0.717) is 18.9 Å². The minimum atomic E-state index is 0.279. The zero-order valence-electron chi connectivity index (χ0n) is 14.3. The molecule has 2 heterocycles. The molecule has 0 saturated heterocycles. The van der Waals surface area contributed by atoms with Gasteiger partial charge < -0.3 is 14.7 Å². The van der Waals surface area contributed by atoms with Crippen LogP contribution in [0.1, 0.15) is 42.2 Å². The number of hydrogen-bond donors (Lipinski definition) is 1. The Kier molecular flexibility index (Phi) is 6.09. The highest BCUT2D eigenvalue weighted by atomic mass is 32.1. The first kappa shape index (κ1) is 17.4. The maximum atomic E-state index is 5.24. The SMILES string of the molecule is CN=C(NCCc1nc(C(C)C)no1)N(C)Cc1csc(C)n1. The van der Waals surface area contributed by atoms with E-state index < -0.39 is 0 Å². The number of aryl methyl sites for hydroxylation is 1. The van der Waals surface area contributed by atoms with Crippen LogP contribution in [-0.2, 0) is 13.0 Å². The number of rotatable bonds is 6. The molecule has 0 fully saturated rings. The van der Waals surface area contributed by atoms with E-state index in [0.717, 1.165) is 29.0 Å². The van der Waals surface area contributed by atoms with E-state index in [2.05, 4.69) is 30.8 Å². The number of aliphatic imine (C=N–C) groups is 1. The largest absolute Gasteiger partial charge is 0.356 e. The molecule has 2 aromatic heterocycles. The molecule has 0 amide bonds. The summed E-state index contributed by atoms with van der Waals surface area (Å²) in [5, 5.41) is 10.4. The van der Waals surface area contributed by atoms with Gasteiger partial charge in [0.2, 0.25) is 5.89 Å². The molecule has 0 bridgehead atoms. The molecule has 0 atom stereocenters. The topological polar surface area (TPSA) is 79.4 Å². The van der Waals surface area contributed by atoms with Gasteiger partial charge in [-0.05, 0) is 6.92 Å². The van der Waals surface area contributed by atoms with E-state index in [4.69, 9.17) is 4.52 Å². The molecule has 0 aliphatic rings. The second-order valence-corrected chi connectivity index (χ2v) is 6.70. The monoisotopic (exact) mass is 336 g/mol. The molecule has 0 aliphatic heterocycles. The summed E-state index contributed by atoms with van der Waals surface area (Å²) in [6.07, 6.45) is 0.669. The van der Waals surface area contributed by atoms with E-state index >= 15 is 0 Å². The quantitative estimate of drug-likeness (QED) is 0.643. The fourth-order valence-corrected chi connectivity index (χ4v) is 2.67. The summed E-state index contributed by atoms with van der Waals surface area (Å²) in [4.78, 5) is 15.2. The highest BCUT2D eigenvalue weighted by Gasteiger charge is 2.11. The highest BCUT2D eigenvalue weighted by Crippen LogP contribution is 2.10. The second-order valence-electron chi connectivity index (χ2n) is 5.64. The third-order valence-corrected chi connectivity index (χ3v) is 4.08. The molecule has 0 aliphatic carbocycles. The Labute approximate surface area is 140 Å². The van der Waals surface area contributed by atoms with E-state index in [9.17, 15) is 0 Å².